The Morgan fingerprint density at radius 1 is 1.40 bits per heavy atom. The minimum absolute atomic E-state index is 0.0125. The van der Waals surface area contributed by atoms with E-state index in [1.165, 1.54) is 12.1 Å². The molecule has 0 bridgehead atoms. The summed E-state index contributed by atoms with van der Waals surface area (Å²) in [7, 11) is 1.85. The lowest BCUT2D eigenvalue weighted by Gasteiger charge is -2.18. The number of hydrogen-bond acceptors (Lipinski definition) is 1. The lowest BCUT2D eigenvalue weighted by Crippen LogP contribution is -2.24. The summed E-state index contributed by atoms with van der Waals surface area (Å²) in [6.07, 6.45) is 0. The minimum Gasteiger partial charge on any atom is -0.301 e. The molecule has 0 aliphatic heterocycles. The van der Waals surface area contributed by atoms with Gasteiger partial charge >= 0.3 is 0 Å². The number of rotatable bonds is 4. The van der Waals surface area contributed by atoms with E-state index in [0.29, 0.717) is 18.7 Å². The molecule has 1 unspecified atom stereocenters. The van der Waals surface area contributed by atoms with Crippen LogP contribution in [-0.4, -0.2) is 23.9 Å². The highest BCUT2D eigenvalue weighted by Gasteiger charge is 2.08. The zero-order chi connectivity index (χ0) is 11.4. The average Bonchev–Trinajstić information content (AvgIpc) is 2.08. The summed E-state index contributed by atoms with van der Waals surface area (Å²) >= 11 is 5.81. The third kappa shape index (κ3) is 4.14. The van der Waals surface area contributed by atoms with Crippen LogP contribution in [0.4, 0.5) is 8.78 Å². The van der Waals surface area contributed by atoms with Crippen molar-refractivity contribution in [2.45, 2.75) is 18.8 Å². The fraction of sp³-hybridized carbons (Fsp3) is 0.455. The maximum Gasteiger partial charge on any atom is 0.130 e. The molecule has 0 aromatic heterocycles. The summed E-state index contributed by atoms with van der Waals surface area (Å²) in [4.78, 5) is 1.90. The molecule has 1 atom stereocenters. The van der Waals surface area contributed by atoms with Gasteiger partial charge in [-0.15, -0.1) is 11.6 Å². The van der Waals surface area contributed by atoms with Gasteiger partial charge in [-0.2, -0.15) is 0 Å². The molecule has 0 heterocycles. The predicted octanol–water partition coefficient (Wildman–Crippen LogP) is 3.02. The van der Waals surface area contributed by atoms with E-state index < -0.39 is 11.6 Å². The fourth-order valence-electron chi connectivity index (χ4n) is 1.43. The van der Waals surface area contributed by atoms with Crippen molar-refractivity contribution < 1.29 is 8.78 Å². The van der Waals surface area contributed by atoms with E-state index in [0.717, 1.165) is 6.07 Å². The average molecular weight is 234 g/mol. The van der Waals surface area contributed by atoms with E-state index >= 15 is 0 Å². The molecular formula is C11H14ClF2N. The molecule has 1 aromatic carbocycles. The standard InChI is InChI=1S/C11H14ClF2N/c1-8(12)6-15(2)7-9-3-4-10(13)5-11(9)14/h3-5,8H,6-7H2,1-2H3. The summed E-state index contributed by atoms with van der Waals surface area (Å²) in [5.74, 6) is -1.06. The Morgan fingerprint density at radius 3 is 2.60 bits per heavy atom. The van der Waals surface area contributed by atoms with E-state index in [4.69, 9.17) is 11.6 Å². The number of alkyl halides is 1. The highest BCUT2D eigenvalue weighted by molar-refractivity contribution is 6.20. The van der Waals surface area contributed by atoms with Crippen molar-refractivity contribution in [3.63, 3.8) is 0 Å². The Bertz CT molecular complexity index is 328. The van der Waals surface area contributed by atoms with E-state index in [1.54, 1.807) is 0 Å². The molecule has 1 aromatic rings. The van der Waals surface area contributed by atoms with Crippen molar-refractivity contribution in [2.75, 3.05) is 13.6 Å². The Morgan fingerprint density at radius 2 is 2.07 bits per heavy atom. The van der Waals surface area contributed by atoms with Gasteiger partial charge in [-0.1, -0.05) is 6.07 Å². The van der Waals surface area contributed by atoms with Gasteiger partial charge in [0, 0.05) is 30.1 Å². The molecule has 0 fully saturated rings. The van der Waals surface area contributed by atoms with E-state index in [1.807, 2.05) is 18.9 Å². The SMILES string of the molecule is CC(Cl)CN(C)Cc1ccc(F)cc1F. The highest BCUT2D eigenvalue weighted by atomic mass is 35.5. The quantitative estimate of drug-likeness (QED) is 0.723. The van der Waals surface area contributed by atoms with Crippen LogP contribution in [-0.2, 0) is 6.54 Å². The number of hydrogen-bond donors (Lipinski definition) is 0. The Labute approximate surface area is 93.7 Å². The van der Waals surface area contributed by atoms with Gasteiger partial charge in [-0.25, -0.2) is 8.78 Å². The number of benzene rings is 1. The zero-order valence-corrected chi connectivity index (χ0v) is 9.56. The van der Waals surface area contributed by atoms with Gasteiger partial charge in [-0.05, 0) is 20.0 Å². The molecule has 4 heteroatoms. The van der Waals surface area contributed by atoms with Gasteiger partial charge in [0.15, 0.2) is 0 Å². The van der Waals surface area contributed by atoms with Crippen molar-refractivity contribution in [2.24, 2.45) is 0 Å². The highest BCUT2D eigenvalue weighted by Crippen LogP contribution is 2.12. The molecule has 0 saturated heterocycles. The van der Waals surface area contributed by atoms with E-state index in [2.05, 4.69) is 0 Å². The zero-order valence-electron chi connectivity index (χ0n) is 8.80. The van der Waals surface area contributed by atoms with Gasteiger partial charge in [-0.3, -0.25) is 0 Å². The molecule has 0 aliphatic carbocycles. The second kappa shape index (κ2) is 5.42. The maximum atomic E-state index is 13.2. The van der Waals surface area contributed by atoms with Gasteiger partial charge in [0.05, 0.1) is 0 Å². The monoisotopic (exact) mass is 233 g/mol. The summed E-state index contributed by atoms with van der Waals surface area (Å²) in [5.41, 5.74) is 0.483. The van der Waals surface area contributed by atoms with Crippen LogP contribution in [0, 0.1) is 11.6 Å². The molecule has 0 aliphatic rings. The van der Waals surface area contributed by atoms with Crippen LogP contribution in [0.15, 0.2) is 18.2 Å². The lowest BCUT2D eigenvalue weighted by atomic mass is 10.2. The first kappa shape index (κ1) is 12.4. The van der Waals surface area contributed by atoms with E-state index in [9.17, 15) is 8.78 Å². The molecule has 0 amide bonds. The van der Waals surface area contributed by atoms with Crippen molar-refractivity contribution in [1.82, 2.24) is 4.90 Å². The van der Waals surface area contributed by atoms with Crippen LogP contribution in [0.5, 0.6) is 0 Å². The predicted molar refractivity (Wildman–Crippen MR) is 58.0 cm³/mol. The molecule has 15 heavy (non-hydrogen) atoms. The molecule has 0 saturated carbocycles. The molecule has 1 rings (SSSR count). The van der Waals surface area contributed by atoms with Crippen LogP contribution >= 0.6 is 11.6 Å². The third-order valence-electron chi connectivity index (χ3n) is 2.02. The van der Waals surface area contributed by atoms with Crippen molar-refractivity contribution in [3.05, 3.63) is 35.4 Å². The first-order valence-corrected chi connectivity index (χ1v) is 5.19. The number of nitrogens with zero attached hydrogens (tertiary/aromatic N) is 1. The van der Waals surface area contributed by atoms with Gasteiger partial charge < -0.3 is 4.90 Å². The summed E-state index contributed by atoms with van der Waals surface area (Å²) in [6.45, 7) is 2.97. The van der Waals surface area contributed by atoms with Crippen LogP contribution in [0.3, 0.4) is 0 Å². The molecule has 0 spiro atoms. The van der Waals surface area contributed by atoms with Crippen molar-refractivity contribution in [3.8, 4) is 0 Å². The Kier molecular flexibility index (Phi) is 4.48. The molecule has 0 radical (unpaired) electrons. The normalized spacial score (nSPS) is 13.2. The molecule has 84 valence electrons. The Balaban J connectivity index is 2.64. The molecule has 0 N–H and O–H groups in total. The van der Waals surface area contributed by atoms with Gasteiger partial charge in [0.25, 0.3) is 0 Å². The van der Waals surface area contributed by atoms with Gasteiger partial charge in [0.1, 0.15) is 11.6 Å². The second-order valence-electron chi connectivity index (χ2n) is 3.71. The lowest BCUT2D eigenvalue weighted by molar-refractivity contribution is 0.324. The maximum absolute atomic E-state index is 13.2. The Hall–Kier alpha value is -0.670. The third-order valence-corrected chi connectivity index (χ3v) is 2.16. The summed E-state index contributed by atoms with van der Waals surface area (Å²) in [6, 6.07) is 3.61. The van der Waals surface area contributed by atoms with Crippen LogP contribution in [0.25, 0.3) is 0 Å². The van der Waals surface area contributed by atoms with Crippen LogP contribution in [0.1, 0.15) is 12.5 Å². The topological polar surface area (TPSA) is 3.24 Å². The van der Waals surface area contributed by atoms with Crippen molar-refractivity contribution >= 4 is 11.6 Å². The first-order chi connectivity index (χ1) is 6.99. The first-order valence-electron chi connectivity index (χ1n) is 4.75. The second-order valence-corrected chi connectivity index (χ2v) is 4.46. The summed E-state index contributed by atoms with van der Waals surface area (Å²) < 4.78 is 25.9. The smallest absolute Gasteiger partial charge is 0.130 e. The number of halogens is 3. The largest absolute Gasteiger partial charge is 0.301 e. The summed E-state index contributed by atoms with van der Waals surface area (Å²) in [5, 5.41) is 0.0125. The molecule has 1 nitrogen and oxygen atoms in total. The van der Waals surface area contributed by atoms with E-state index in [-0.39, 0.29) is 5.38 Å². The minimum atomic E-state index is -0.551. The van der Waals surface area contributed by atoms with Gasteiger partial charge in [0.2, 0.25) is 0 Å². The fourth-order valence-corrected chi connectivity index (χ4v) is 1.67. The van der Waals surface area contributed by atoms with Crippen LogP contribution < -0.4 is 0 Å². The van der Waals surface area contributed by atoms with Crippen molar-refractivity contribution in [1.29, 1.82) is 0 Å². The molecular weight excluding hydrogens is 220 g/mol. The van der Waals surface area contributed by atoms with Crippen LogP contribution in [0.2, 0.25) is 0 Å².